The molecule has 0 rings (SSSR count). The number of hydrogen-bond acceptors (Lipinski definition) is 3. The zero-order valence-corrected chi connectivity index (χ0v) is 6.59. The molecule has 0 aliphatic rings. The number of rotatable bonds is 5. The van der Waals surface area contributed by atoms with Crippen LogP contribution in [-0.4, -0.2) is 25.5 Å². The fourth-order valence-corrected chi connectivity index (χ4v) is 0.423. The molecule has 3 heteroatoms. The van der Waals surface area contributed by atoms with Crippen molar-refractivity contribution in [3.05, 3.63) is 0 Å². The highest BCUT2D eigenvalue weighted by Gasteiger charge is 2.05. The highest BCUT2D eigenvalue weighted by atomic mass is 16.5. The molecule has 0 fully saturated rings. The van der Waals surface area contributed by atoms with Crippen LogP contribution in [0.2, 0.25) is 0 Å². The second-order valence-electron chi connectivity index (χ2n) is 2.46. The van der Waals surface area contributed by atoms with Crippen molar-refractivity contribution in [2.24, 2.45) is 11.7 Å². The summed E-state index contributed by atoms with van der Waals surface area (Å²) in [6, 6.07) is 0. The van der Waals surface area contributed by atoms with Crippen molar-refractivity contribution >= 4 is 5.78 Å². The van der Waals surface area contributed by atoms with Gasteiger partial charge in [-0.25, -0.2) is 0 Å². The van der Waals surface area contributed by atoms with Gasteiger partial charge in [0, 0.05) is 12.5 Å². The molecule has 0 aromatic carbocycles. The maximum Gasteiger partial charge on any atom is 0.160 e. The lowest BCUT2D eigenvalue weighted by molar-refractivity contribution is -0.126. The minimum atomic E-state index is 0.0674. The van der Waals surface area contributed by atoms with Crippen LogP contribution in [0.3, 0.4) is 0 Å². The first-order valence-corrected chi connectivity index (χ1v) is 3.49. The number of hydrogen-bond donors (Lipinski definition) is 1. The quantitative estimate of drug-likeness (QED) is 0.562. The summed E-state index contributed by atoms with van der Waals surface area (Å²) in [4.78, 5) is 10.9. The molecule has 0 aliphatic carbocycles. The van der Waals surface area contributed by atoms with Crippen LogP contribution < -0.4 is 5.73 Å². The maximum atomic E-state index is 10.9. The molecular weight excluding hydrogens is 130 g/mol. The molecule has 3 nitrogen and oxygen atoms in total. The smallest absolute Gasteiger partial charge is 0.160 e. The van der Waals surface area contributed by atoms with Crippen molar-refractivity contribution in [1.82, 2.24) is 0 Å². The molecule has 0 spiro atoms. The van der Waals surface area contributed by atoms with Gasteiger partial charge in [0.15, 0.2) is 5.78 Å². The van der Waals surface area contributed by atoms with Crippen LogP contribution in [0, 0.1) is 5.92 Å². The Labute approximate surface area is 61.5 Å². The molecule has 0 radical (unpaired) electrons. The van der Waals surface area contributed by atoms with Gasteiger partial charge in [-0.3, -0.25) is 4.79 Å². The minimum Gasteiger partial charge on any atom is -0.372 e. The first kappa shape index (κ1) is 9.59. The lowest BCUT2D eigenvalue weighted by Gasteiger charge is -2.03. The molecule has 0 aromatic rings. The molecule has 60 valence electrons. The van der Waals surface area contributed by atoms with E-state index in [0.29, 0.717) is 13.2 Å². The van der Waals surface area contributed by atoms with Gasteiger partial charge in [-0.1, -0.05) is 13.8 Å². The molecule has 0 aliphatic heterocycles. The van der Waals surface area contributed by atoms with Crippen molar-refractivity contribution < 1.29 is 9.53 Å². The Morgan fingerprint density at radius 3 is 2.60 bits per heavy atom. The van der Waals surface area contributed by atoms with Gasteiger partial charge in [0.1, 0.15) is 6.61 Å². The standard InChI is InChI=1S/C7H15NO2/c1-6(2)7(9)5-10-4-3-8/h6H,3-5,8H2,1-2H3. The molecule has 0 heterocycles. The van der Waals surface area contributed by atoms with Gasteiger partial charge in [-0.2, -0.15) is 0 Å². The Morgan fingerprint density at radius 1 is 1.60 bits per heavy atom. The predicted molar refractivity (Wildman–Crippen MR) is 39.7 cm³/mol. The molecule has 0 saturated heterocycles. The van der Waals surface area contributed by atoms with Crippen molar-refractivity contribution in [1.29, 1.82) is 0 Å². The Kier molecular flexibility index (Phi) is 5.16. The van der Waals surface area contributed by atoms with Gasteiger partial charge in [-0.15, -0.1) is 0 Å². The van der Waals surface area contributed by atoms with Crippen LogP contribution >= 0.6 is 0 Å². The zero-order valence-electron chi connectivity index (χ0n) is 6.59. The monoisotopic (exact) mass is 145 g/mol. The second kappa shape index (κ2) is 5.38. The van der Waals surface area contributed by atoms with Gasteiger partial charge < -0.3 is 10.5 Å². The van der Waals surface area contributed by atoms with E-state index in [1.54, 1.807) is 0 Å². The van der Waals surface area contributed by atoms with Gasteiger partial charge in [0.2, 0.25) is 0 Å². The van der Waals surface area contributed by atoms with E-state index in [-0.39, 0.29) is 18.3 Å². The first-order chi connectivity index (χ1) is 4.68. The van der Waals surface area contributed by atoms with Gasteiger partial charge in [-0.05, 0) is 0 Å². The number of nitrogens with two attached hydrogens (primary N) is 1. The highest BCUT2D eigenvalue weighted by molar-refractivity contribution is 5.81. The molecule has 0 aromatic heterocycles. The summed E-state index contributed by atoms with van der Waals surface area (Å²) in [6.07, 6.45) is 0. The molecule has 0 saturated carbocycles. The van der Waals surface area contributed by atoms with Crippen molar-refractivity contribution in [3.8, 4) is 0 Å². The molecule has 0 amide bonds. The average Bonchev–Trinajstić information content (AvgIpc) is 1.88. The summed E-state index contributed by atoms with van der Waals surface area (Å²) >= 11 is 0. The summed E-state index contributed by atoms with van der Waals surface area (Å²) in [6.45, 7) is 4.86. The van der Waals surface area contributed by atoms with E-state index >= 15 is 0 Å². The molecule has 10 heavy (non-hydrogen) atoms. The van der Waals surface area contributed by atoms with E-state index in [1.807, 2.05) is 13.8 Å². The Morgan fingerprint density at radius 2 is 2.20 bits per heavy atom. The minimum absolute atomic E-state index is 0.0674. The van der Waals surface area contributed by atoms with Crippen LogP contribution in [0.15, 0.2) is 0 Å². The Hall–Kier alpha value is -0.410. The summed E-state index contributed by atoms with van der Waals surface area (Å²) in [5.74, 6) is 0.200. The SMILES string of the molecule is CC(C)C(=O)COCCN. The molecule has 0 atom stereocenters. The van der Waals surface area contributed by atoms with E-state index in [9.17, 15) is 4.79 Å². The van der Waals surface area contributed by atoms with Crippen LogP contribution in [0.4, 0.5) is 0 Å². The molecule has 0 unspecified atom stereocenters. The van der Waals surface area contributed by atoms with E-state index in [2.05, 4.69) is 0 Å². The van der Waals surface area contributed by atoms with E-state index in [4.69, 9.17) is 10.5 Å². The zero-order chi connectivity index (χ0) is 7.98. The lowest BCUT2D eigenvalue weighted by Crippen LogP contribution is -2.18. The van der Waals surface area contributed by atoms with Crippen molar-refractivity contribution in [2.75, 3.05) is 19.8 Å². The fourth-order valence-electron chi connectivity index (χ4n) is 0.423. The van der Waals surface area contributed by atoms with Crippen molar-refractivity contribution in [3.63, 3.8) is 0 Å². The van der Waals surface area contributed by atoms with E-state index in [0.717, 1.165) is 0 Å². The van der Waals surface area contributed by atoms with Gasteiger partial charge in [0.05, 0.1) is 6.61 Å². The second-order valence-corrected chi connectivity index (χ2v) is 2.46. The number of ether oxygens (including phenoxy) is 1. The summed E-state index contributed by atoms with van der Waals surface area (Å²) < 4.78 is 4.93. The van der Waals surface area contributed by atoms with Crippen molar-refractivity contribution in [2.45, 2.75) is 13.8 Å². The Balaban J connectivity index is 3.22. The van der Waals surface area contributed by atoms with Crippen LogP contribution in [0.25, 0.3) is 0 Å². The van der Waals surface area contributed by atoms with Crippen LogP contribution in [-0.2, 0) is 9.53 Å². The summed E-state index contributed by atoms with van der Waals surface area (Å²) in [7, 11) is 0. The molecule has 2 N–H and O–H groups in total. The maximum absolute atomic E-state index is 10.9. The third kappa shape index (κ3) is 4.47. The Bertz CT molecular complexity index is 102. The molecular formula is C7H15NO2. The topological polar surface area (TPSA) is 52.3 Å². The number of ketones is 1. The van der Waals surface area contributed by atoms with Crippen LogP contribution in [0.5, 0.6) is 0 Å². The largest absolute Gasteiger partial charge is 0.372 e. The van der Waals surface area contributed by atoms with Gasteiger partial charge >= 0.3 is 0 Å². The first-order valence-electron chi connectivity index (χ1n) is 3.49. The summed E-state index contributed by atoms with van der Waals surface area (Å²) in [5, 5.41) is 0. The number of Topliss-reactive ketones (excluding diaryl/α,β-unsaturated/α-hetero) is 1. The normalized spacial score (nSPS) is 10.4. The number of carbonyl (C=O) groups is 1. The third-order valence-electron chi connectivity index (χ3n) is 1.15. The van der Waals surface area contributed by atoms with E-state index < -0.39 is 0 Å². The average molecular weight is 145 g/mol. The van der Waals surface area contributed by atoms with Gasteiger partial charge in [0.25, 0.3) is 0 Å². The summed E-state index contributed by atoms with van der Waals surface area (Å²) in [5.41, 5.74) is 5.15. The van der Waals surface area contributed by atoms with E-state index in [1.165, 1.54) is 0 Å². The lowest BCUT2D eigenvalue weighted by atomic mass is 10.1. The fraction of sp³-hybridized carbons (Fsp3) is 0.857. The third-order valence-corrected chi connectivity index (χ3v) is 1.15. The number of carbonyl (C=O) groups excluding carboxylic acids is 1. The predicted octanol–water partition coefficient (Wildman–Crippen LogP) is 0.187. The van der Waals surface area contributed by atoms with Crippen LogP contribution in [0.1, 0.15) is 13.8 Å². The molecule has 0 bridgehead atoms. The highest BCUT2D eigenvalue weighted by Crippen LogP contribution is 1.93.